The van der Waals surface area contributed by atoms with Crippen LogP contribution in [0.2, 0.25) is 0 Å². The van der Waals surface area contributed by atoms with Crippen molar-refractivity contribution in [1.29, 1.82) is 0 Å². The Balaban J connectivity index is 2.51. The highest BCUT2D eigenvalue weighted by Gasteiger charge is 2.09. The summed E-state index contributed by atoms with van der Waals surface area (Å²) in [7, 11) is 0. The number of nitrogens with zero attached hydrogens (tertiary/aromatic N) is 2. The van der Waals surface area contributed by atoms with Gasteiger partial charge >= 0.3 is 0 Å². The van der Waals surface area contributed by atoms with Gasteiger partial charge in [-0.15, -0.1) is 0 Å². The van der Waals surface area contributed by atoms with E-state index in [1.165, 1.54) is 0 Å². The molecule has 2 heterocycles. The smallest absolute Gasteiger partial charge is 0.177 e. The molecular formula is C10H12BrN3. The van der Waals surface area contributed by atoms with Crippen molar-refractivity contribution in [2.75, 3.05) is 0 Å². The van der Waals surface area contributed by atoms with Crippen molar-refractivity contribution in [2.24, 2.45) is 0 Å². The maximum absolute atomic E-state index is 4.44. The van der Waals surface area contributed by atoms with Crippen LogP contribution < -0.4 is 0 Å². The monoisotopic (exact) mass is 253 g/mol. The molecule has 0 bridgehead atoms. The van der Waals surface area contributed by atoms with Gasteiger partial charge in [0.2, 0.25) is 0 Å². The highest BCUT2D eigenvalue weighted by molar-refractivity contribution is 9.10. The second-order valence-corrected chi connectivity index (χ2v) is 4.37. The Hall–Kier alpha value is -0.900. The summed E-state index contributed by atoms with van der Waals surface area (Å²) in [5, 5.41) is 0. The van der Waals surface area contributed by atoms with Crippen molar-refractivity contribution in [1.82, 2.24) is 15.0 Å². The van der Waals surface area contributed by atoms with Crippen molar-refractivity contribution in [2.45, 2.75) is 26.2 Å². The third kappa shape index (κ3) is 1.66. The fourth-order valence-corrected chi connectivity index (χ4v) is 1.65. The van der Waals surface area contributed by atoms with Gasteiger partial charge in [-0.25, -0.2) is 9.97 Å². The fourth-order valence-electron chi connectivity index (χ4n) is 1.32. The average Bonchev–Trinajstić information content (AvgIpc) is 2.59. The molecule has 3 nitrogen and oxygen atoms in total. The van der Waals surface area contributed by atoms with E-state index < -0.39 is 0 Å². The fraction of sp³-hybridized carbons (Fsp3) is 0.400. The van der Waals surface area contributed by atoms with E-state index >= 15 is 0 Å². The number of halogens is 1. The van der Waals surface area contributed by atoms with Gasteiger partial charge in [0.15, 0.2) is 5.65 Å². The zero-order valence-corrected chi connectivity index (χ0v) is 9.80. The first-order chi connectivity index (χ1) is 6.70. The number of pyridine rings is 1. The summed E-state index contributed by atoms with van der Waals surface area (Å²) in [6, 6.07) is 2.00. The van der Waals surface area contributed by atoms with Crippen LogP contribution in [-0.4, -0.2) is 15.0 Å². The van der Waals surface area contributed by atoms with Crippen LogP contribution in [0, 0.1) is 0 Å². The number of fused-ring (bicyclic) bond motifs is 1. The van der Waals surface area contributed by atoms with Crippen LogP contribution in [0.3, 0.4) is 0 Å². The lowest BCUT2D eigenvalue weighted by Gasteiger charge is -2.01. The molecule has 74 valence electrons. The number of aromatic nitrogens is 3. The highest BCUT2D eigenvalue weighted by Crippen LogP contribution is 2.20. The molecule has 0 amide bonds. The van der Waals surface area contributed by atoms with Gasteiger partial charge in [0.05, 0.1) is 5.52 Å². The Kier molecular flexibility index (Phi) is 2.54. The van der Waals surface area contributed by atoms with Gasteiger partial charge < -0.3 is 4.98 Å². The third-order valence-electron chi connectivity index (χ3n) is 2.40. The number of H-pyrrole nitrogens is 1. The molecule has 0 aliphatic carbocycles. The van der Waals surface area contributed by atoms with E-state index in [1.807, 2.05) is 6.07 Å². The molecule has 0 radical (unpaired) electrons. The minimum Gasteiger partial charge on any atom is -0.340 e. The number of hydrogen-bond acceptors (Lipinski definition) is 2. The van der Waals surface area contributed by atoms with Crippen molar-refractivity contribution in [3.8, 4) is 0 Å². The molecule has 2 aromatic heterocycles. The number of imidazole rings is 1. The van der Waals surface area contributed by atoms with Crippen LogP contribution >= 0.6 is 15.9 Å². The summed E-state index contributed by atoms with van der Waals surface area (Å²) in [5.41, 5.74) is 1.79. The molecule has 0 spiro atoms. The molecule has 0 aliphatic rings. The SMILES string of the molecule is CCC(C)c1nc2ncc(Br)cc2[nH]1. The molecule has 1 unspecified atom stereocenters. The van der Waals surface area contributed by atoms with Gasteiger partial charge in [-0.1, -0.05) is 13.8 Å². The summed E-state index contributed by atoms with van der Waals surface area (Å²) in [5.74, 6) is 1.48. The molecule has 0 saturated heterocycles. The molecule has 0 fully saturated rings. The Morgan fingerprint density at radius 2 is 2.36 bits per heavy atom. The molecule has 14 heavy (non-hydrogen) atoms. The first-order valence-corrected chi connectivity index (χ1v) is 5.51. The van der Waals surface area contributed by atoms with Crippen LogP contribution in [0.1, 0.15) is 32.0 Å². The largest absolute Gasteiger partial charge is 0.340 e. The van der Waals surface area contributed by atoms with Crippen LogP contribution in [0.15, 0.2) is 16.7 Å². The summed E-state index contributed by atoms with van der Waals surface area (Å²) in [6.45, 7) is 4.31. The lowest BCUT2D eigenvalue weighted by atomic mass is 10.1. The zero-order chi connectivity index (χ0) is 10.1. The first-order valence-electron chi connectivity index (χ1n) is 4.72. The van der Waals surface area contributed by atoms with E-state index in [-0.39, 0.29) is 0 Å². The zero-order valence-electron chi connectivity index (χ0n) is 8.21. The molecule has 2 aromatic rings. The Bertz CT molecular complexity index is 450. The van der Waals surface area contributed by atoms with Gasteiger partial charge in [0.25, 0.3) is 0 Å². The van der Waals surface area contributed by atoms with E-state index in [4.69, 9.17) is 0 Å². The van der Waals surface area contributed by atoms with Crippen LogP contribution in [0.25, 0.3) is 11.2 Å². The van der Waals surface area contributed by atoms with E-state index in [0.717, 1.165) is 27.9 Å². The first kappa shape index (κ1) is 9.65. The topological polar surface area (TPSA) is 41.6 Å². The van der Waals surface area contributed by atoms with Gasteiger partial charge in [-0.05, 0) is 28.4 Å². The van der Waals surface area contributed by atoms with Crippen LogP contribution in [0.4, 0.5) is 0 Å². The predicted octanol–water partition coefficient (Wildman–Crippen LogP) is 3.23. The predicted molar refractivity (Wildman–Crippen MR) is 60.3 cm³/mol. The number of aromatic amines is 1. The maximum atomic E-state index is 4.44. The molecule has 1 atom stereocenters. The van der Waals surface area contributed by atoms with E-state index in [0.29, 0.717) is 5.92 Å². The second kappa shape index (κ2) is 3.69. The Morgan fingerprint density at radius 1 is 1.57 bits per heavy atom. The molecule has 0 saturated carbocycles. The van der Waals surface area contributed by atoms with E-state index in [1.54, 1.807) is 6.20 Å². The summed E-state index contributed by atoms with van der Waals surface area (Å²) in [4.78, 5) is 11.9. The number of rotatable bonds is 2. The van der Waals surface area contributed by atoms with Crippen LogP contribution in [-0.2, 0) is 0 Å². The molecular weight excluding hydrogens is 242 g/mol. The Labute approximate surface area is 91.1 Å². The maximum Gasteiger partial charge on any atom is 0.177 e. The second-order valence-electron chi connectivity index (χ2n) is 3.46. The van der Waals surface area contributed by atoms with Crippen molar-refractivity contribution in [3.63, 3.8) is 0 Å². The molecule has 2 rings (SSSR count). The molecule has 0 aliphatic heterocycles. The highest BCUT2D eigenvalue weighted by atomic mass is 79.9. The van der Waals surface area contributed by atoms with Crippen molar-refractivity contribution < 1.29 is 0 Å². The van der Waals surface area contributed by atoms with E-state index in [2.05, 4.69) is 44.7 Å². The van der Waals surface area contributed by atoms with Gasteiger partial charge in [0.1, 0.15) is 5.82 Å². The average molecular weight is 254 g/mol. The summed E-state index contributed by atoms with van der Waals surface area (Å²) >= 11 is 3.39. The third-order valence-corrected chi connectivity index (χ3v) is 2.84. The minimum atomic E-state index is 0.461. The van der Waals surface area contributed by atoms with Gasteiger partial charge in [-0.3, -0.25) is 0 Å². The number of nitrogens with one attached hydrogen (secondary N) is 1. The lowest BCUT2D eigenvalue weighted by Crippen LogP contribution is -1.93. The van der Waals surface area contributed by atoms with Crippen LogP contribution in [0.5, 0.6) is 0 Å². The minimum absolute atomic E-state index is 0.461. The number of hydrogen-bond donors (Lipinski definition) is 1. The summed E-state index contributed by atoms with van der Waals surface area (Å²) < 4.78 is 0.976. The molecule has 1 N–H and O–H groups in total. The molecule has 0 aromatic carbocycles. The summed E-state index contributed by atoms with van der Waals surface area (Å²) in [6.07, 6.45) is 2.85. The van der Waals surface area contributed by atoms with Crippen molar-refractivity contribution in [3.05, 3.63) is 22.6 Å². The van der Waals surface area contributed by atoms with Gasteiger partial charge in [-0.2, -0.15) is 0 Å². The Morgan fingerprint density at radius 3 is 3.07 bits per heavy atom. The quantitative estimate of drug-likeness (QED) is 0.893. The molecule has 4 heteroatoms. The lowest BCUT2D eigenvalue weighted by molar-refractivity contribution is 0.691. The van der Waals surface area contributed by atoms with E-state index in [9.17, 15) is 0 Å². The van der Waals surface area contributed by atoms with Crippen molar-refractivity contribution >= 4 is 27.1 Å². The standard InChI is InChI=1S/C10H12BrN3/c1-3-6(2)9-13-8-4-7(11)5-12-10(8)14-9/h4-6H,3H2,1-2H3,(H,12,13,14). The normalized spacial score (nSPS) is 13.4. The van der Waals surface area contributed by atoms with Gasteiger partial charge in [0, 0.05) is 16.6 Å².